The van der Waals surface area contributed by atoms with Crippen LogP contribution in [-0.2, 0) is 71.0 Å². The van der Waals surface area contributed by atoms with Gasteiger partial charge in [0.05, 0.1) is 53.9 Å². The van der Waals surface area contributed by atoms with Crippen molar-refractivity contribution in [3.05, 3.63) is 194 Å². The molecule has 6 aromatic rings. The van der Waals surface area contributed by atoms with Crippen molar-refractivity contribution in [3.63, 3.8) is 0 Å². The minimum Gasteiger partial charge on any atom is -0.308 e. The lowest BCUT2D eigenvalue weighted by Crippen LogP contribution is -2.45. The van der Waals surface area contributed by atoms with Crippen LogP contribution in [0.15, 0.2) is 126 Å². The van der Waals surface area contributed by atoms with Crippen molar-refractivity contribution in [2.24, 2.45) is 56.7 Å². The lowest BCUT2D eigenvalue weighted by molar-refractivity contribution is -0.122. The maximum absolute atomic E-state index is 12.5. The van der Waals surface area contributed by atoms with E-state index in [0.717, 1.165) is 89.4 Å². The molecule has 0 N–H and O–H groups in total. The fraction of sp³-hybridized carbons (Fsp3) is 0.381. The number of carbonyl (C=O) groups is 3. The summed E-state index contributed by atoms with van der Waals surface area (Å²) in [6, 6.07) is 31.0. The zero-order valence-corrected chi connectivity index (χ0v) is 44.3. The van der Waals surface area contributed by atoms with Gasteiger partial charge in [-0.2, -0.15) is 15.3 Å². The average Bonchev–Trinajstić information content (AvgIpc) is 4.09. The summed E-state index contributed by atoms with van der Waals surface area (Å²) in [4.78, 5) is 47.9. The highest BCUT2D eigenvalue weighted by atomic mass is 16.1. The molecule has 0 saturated carbocycles. The van der Waals surface area contributed by atoms with Crippen LogP contribution in [0.2, 0.25) is 0 Å². The van der Waals surface area contributed by atoms with Crippen LogP contribution in [0.25, 0.3) is 48.3 Å². The van der Waals surface area contributed by atoms with E-state index in [1.165, 1.54) is 16.7 Å². The molecule has 6 aliphatic carbocycles. The Balaban J connectivity index is 0.000000128. The number of benzene rings is 3. The number of rotatable bonds is 3. The predicted molar refractivity (Wildman–Crippen MR) is 290 cm³/mol. The molecule has 75 heavy (non-hydrogen) atoms. The normalized spacial score (nSPS) is 27.9. The SMILES string of the molecule is [C-]#[N+]C1=C[C@@]2(C)c3nn(C)c(-c4ccccc4)c3CC[C@@H]2[C@@H](C)C1=O.[C-]#[N+]C1=C[C@]2(C)c3nn(C)c(-c4ccccc4)c3CC[C@H]2[C@H](C)C1=O.[C-]#[N+]C1=C[C@]2(C)c3nn(C)c(-c4ccccc4)c3CC[C@H]2[C@H](C)C1=O. The average molecular weight is 994 g/mol. The van der Waals surface area contributed by atoms with Gasteiger partial charge in [0.1, 0.15) is 0 Å². The second kappa shape index (κ2) is 19.0. The van der Waals surface area contributed by atoms with Crippen molar-refractivity contribution in [1.29, 1.82) is 0 Å². The van der Waals surface area contributed by atoms with Crippen LogP contribution < -0.4 is 0 Å². The third-order valence-electron chi connectivity index (χ3n) is 18.0. The Kier molecular flexibility index (Phi) is 12.8. The van der Waals surface area contributed by atoms with Gasteiger partial charge in [-0.05, 0) is 56.3 Å². The monoisotopic (exact) mass is 994 g/mol. The predicted octanol–water partition coefficient (Wildman–Crippen LogP) is 11.8. The van der Waals surface area contributed by atoms with Crippen LogP contribution in [0.1, 0.15) is 94.6 Å². The first-order valence-electron chi connectivity index (χ1n) is 26.2. The van der Waals surface area contributed by atoms with Gasteiger partial charge in [0, 0.05) is 88.5 Å². The van der Waals surface area contributed by atoms with Gasteiger partial charge in [-0.25, -0.2) is 14.5 Å². The molecule has 12 heteroatoms. The molecule has 0 unspecified atom stereocenters. The van der Waals surface area contributed by atoms with Gasteiger partial charge in [0.15, 0.2) is 17.3 Å². The number of hydrogen-bond donors (Lipinski definition) is 0. The molecule has 0 fully saturated rings. The van der Waals surface area contributed by atoms with E-state index in [9.17, 15) is 14.4 Å². The summed E-state index contributed by atoms with van der Waals surface area (Å²) >= 11 is 0. The van der Waals surface area contributed by atoms with E-state index in [0.29, 0.717) is 0 Å². The summed E-state index contributed by atoms with van der Waals surface area (Å²) in [7, 11) is 5.95. The Morgan fingerprint density at radius 1 is 0.440 bits per heavy atom. The maximum Gasteiger partial charge on any atom is 0.226 e. The molecule has 0 aliphatic heterocycles. The number of nitrogens with zero attached hydrogens (tertiary/aromatic N) is 9. The largest absolute Gasteiger partial charge is 0.308 e. The van der Waals surface area contributed by atoms with Gasteiger partial charge in [-0.3, -0.25) is 14.0 Å². The minimum absolute atomic E-state index is 0.0138. The molecule has 3 aromatic heterocycles. The molecule has 3 aromatic carbocycles. The van der Waals surface area contributed by atoms with Crippen molar-refractivity contribution in [3.8, 4) is 33.8 Å². The van der Waals surface area contributed by atoms with Gasteiger partial charge in [0.25, 0.3) is 0 Å². The maximum atomic E-state index is 12.5. The second-order valence-corrected chi connectivity index (χ2v) is 22.2. The van der Waals surface area contributed by atoms with Crippen molar-refractivity contribution in [2.75, 3.05) is 0 Å². The Morgan fingerprint density at radius 2 is 0.680 bits per heavy atom. The minimum atomic E-state index is -0.356. The lowest BCUT2D eigenvalue weighted by Gasteiger charge is -2.44. The molecule has 12 rings (SSSR count). The summed E-state index contributed by atoms with van der Waals surface area (Å²) < 4.78 is 5.88. The zero-order chi connectivity index (χ0) is 53.3. The van der Waals surface area contributed by atoms with Crippen LogP contribution >= 0.6 is 0 Å². The number of Topliss-reactive ketones (excluding diaryl/α,β-unsaturated/α-hetero) is 3. The van der Waals surface area contributed by atoms with Crippen LogP contribution in [0, 0.1) is 55.2 Å². The summed E-state index contributed by atoms with van der Waals surface area (Å²) in [5, 5.41) is 14.6. The Morgan fingerprint density at radius 3 is 0.907 bits per heavy atom. The van der Waals surface area contributed by atoms with Gasteiger partial charge in [-0.15, -0.1) is 0 Å². The number of aromatic nitrogens is 6. The zero-order valence-electron chi connectivity index (χ0n) is 44.3. The van der Waals surface area contributed by atoms with Crippen molar-refractivity contribution in [2.45, 2.75) is 96.3 Å². The van der Waals surface area contributed by atoms with Crippen molar-refractivity contribution in [1.82, 2.24) is 29.3 Å². The summed E-state index contributed by atoms with van der Waals surface area (Å²) in [6.45, 7) is 34.5. The smallest absolute Gasteiger partial charge is 0.226 e. The topological polar surface area (TPSA) is 118 Å². The molecular weight excluding hydrogens is 931 g/mol. The highest BCUT2D eigenvalue weighted by Gasteiger charge is 2.53. The number of carbonyl (C=O) groups excluding carboxylic acids is 3. The van der Waals surface area contributed by atoms with Crippen LogP contribution in [0.3, 0.4) is 0 Å². The third kappa shape index (κ3) is 7.98. The van der Waals surface area contributed by atoms with E-state index < -0.39 is 0 Å². The van der Waals surface area contributed by atoms with Crippen molar-refractivity contribution < 1.29 is 14.4 Å². The summed E-state index contributed by atoms with van der Waals surface area (Å²) in [6.07, 6.45) is 11.3. The van der Waals surface area contributed by atoms with Crippen LogP contribution in [-0.4, -0.2) is 46.7 Å². The lowest BCUT2D eigenvalue weighted by atomic mass is 9.58. The van der Waals surface area contributed by atoms with Gasteiger partial charge in [-0.1, -0.05) is 151 Å². The molecule has 0 bridgehead atoms. The number of allylic oxidation sites excluding steroid dienone is 6. The number of ketones is 3. The third-order valence-corrected chi connectivity index (χ3v) is 18.0. The van der Waals surface area contributed by atoms with Crippen LogP contribution in [0.5, 0.6) is 0 Å². The van der Waals surface area contributed by atoms with Gasteiger partial charge in [0.2, 0.25) is 17.1 Å². The van der Waals surface area contributed by atoms with E-state index in [1.807, 2.05) is 129 Å². The number of hydrogen-bond acceptors (Lipinski definition) is 6. The molecule has 12 nitrogen and oxygen atoms in total. The van der Waals surface area contributed by atoms with Crippen LogP contribution in [0.4, 0.5) is 0 Å². The van der Waals surface area contributed by atoms with E-state index in [2.05, 4.69) is 71.7 Å². The van der Waals surface area contributed by atoms with E-state index in [4.69, 9.17) is 35.0 Å². The highest BCUT2D eigenvalue weighted by Crippen LogP contribution is 2.54. The summed E-state index contributed by atoms with van der Waals surface area (Å²) in [5.41, 5.74) is 13.6. The first-order valence-corrected chi connectivity index (χ1v) is 26.2. The van der Waals surface area contributed by atoms with Crippen molar-refractivity contribution >= 4 is 17.3 Å². The second-order valence-electron chi connectivity index (χ2n) is 22.2. The Bertz CT molecular complexity index is 3170. The standard InChI is InChI=1S/3C21H21N3O/c3*1-13-16-11-10-15-18(14-8-6-5-7-9-14)24(4)23-20(15)21(16,2)12-17(22-3)19(13)25/h3*5-9,12-13,16H,10-11H2,1-2,4H3/t3*13-,16-,21-/m100/s1. The highest BCUT2D eigenvalue weighted by molar-refractivity contribution is 6.01. The summed E-state index contributed by atoms with van der Waals surface area (Å²) in [5.74, 6) is 0.184. The molecule has 0 radical (unpaired) electrons. The molecule has 9 atom stereocenters. The molecule has 0 spiro atoms. The number of fused-ring (bicyclic) bond motifs is 9. The molecule has 0 amide bonds. The fourth-order valence-corrected chi connectivity index (χ4v) is 14.3. The molecule has 3 heterocycles. The first-order chi connectivity index (χ1) is 35.9. The van der Waals surface area contributed by atoms with Gasteiger partial charge < -0.3 is 14.4 Å². The quantitative estimate of drug-likeness (QED) is 0.163. The first kappa shape index (κ1) is 50.5. The van der Waals surface area contributed by atoms with E-state index >= 15 is 0 Å². The molecular formula is C63H63N9O3. The molecule has 6 aliphatic rings. The molecule has 0 saturated heterocycles. The van der Waals surface area contributed by atoms with E-state index in [-0.39, 0.29) is 86.2 Å². The Hall–Kier alpha value is -8.01. The molecule has 378 valence electrons. The van der Waals surface area contributed by atoms with E-state index in [1.54, 1.807) is 0 Å². The Labute approximate surface area is 440 Å². The number of aryl methyl sites for hydroxylation is 3. The fourth-order valence-electron chi connectivity index (χ4n) is 14.3. The van der Waals surface area contributed by atoms with Gasteiger partial charge >= 0.3 is 0 Å².